The lowest BCUT2D eigenvalue weighted by molar-refractivity contribution is -0.143. The second kappa shape index (κ2) is 5.94. The lowest BCUT2D eigenvalue weighted by Crippen LogP contribution is -2.15. The van der Waals surface area contributed by atoms with Crippen LogP contribution in [0, 0.1) is 0 Å². The van der Waals surface area contributed by atoms with Crippen LogP contribution in [0.1, 0.15) is 17.5 Å². The first-order valence-electron chi connectivity index (χ1n) is 5.24. The van der Waals surface area contributed by atoms with Gasteiger partial charge in [-0.2, -0.15) is 39.0 Å². The van der Waals surface area contributed by atoms with E-state index in [1.165, 1.54) is 0 Å². The zero-order valence-electron chi connectivity index (χ0n) is 9.77. The molecule has 0 aliphatic heterocycles. The number of carbonyl (C=O) groups excluding carboxylic acids is 1. The fourth-order valence-electron chi connectivity index (χ4n) is 1.35. The summed E-state index contributed by atoms with van der Waals surface area (Å²) in [5.41, 5.74) is -3.51. The van der Waals surface area contributed by atoms with Gasteiger partial charge in [0.15, 0.2) is 0 Å². The highest BCUT2D eigenvalue weighted by Crippen LogP contribution is 2.37. The molecule has 1 amide bonds. The maximum atomic E-state index is 12.5. The van der Waals surface area contributed by atoms with E-state index < -0.39 is 35.1 Å². The highest BCUT2D eigenvalue weighted by molar-refractivity contribution is 7.80. The molecular formula is C11H9F6NOS. The summed E-state index contributed by atoms with van der Waals surface area (Å²) in [6, 6.07) is 0.894. The average molecular weight is 317 g/mol. The maximum absolute atomic E-state index is 12.5. The summed E-state index contributed by atoms with van der Waals surface area (Å²) < 4.78 is 75.2. The SMILES string of the molecule is O=C(CCS)Nc1cc(C(F)(F)F)cc(C(F)(F)F)c1. The Morgan fingerprint density at radius 3 is 1.80 bits per heavy atom. The van der Waals surface area contributed by atoms with Gasteiger partial charge in [-0.15, -0.1) is 0 Å². The Hall–Kier alpha value is -1.38. The first-order chi connectivity index (χ1) is 9.04. The van der Waals surface area contributed by atoms with Gasteiger partial charge >= 0.3 is 12.4 Å². The summed E-state index contributed by atoms with van der Waals surface area (Å²) in [5.74, 6) is -0.593. The number of hydrogen-bond donors (Lipinski definition) is 2. The second-order valence-corrected chi connectivity index (χ2v) is 4.26. The molecule has 1 aromatic carbocycles. The molecule has 0 unspecified atom stereocenters. The fourth-order valence-corrected chi connectivity index (χ4v) is 1.56. The van der Waals surface area contributed by atoms with E-state index in [-0.39, 0.29) is 18.2 Å². The van der Waals surface area contributed by atoms with Crippen LogP contribution in [0.2, 0.25) is 0 Å². The van der Waals surface area contributed by atoms with Gasteiger partial charge in [-0.1, -0.05) is 0 Å². The Kier molecular flexibility index (Phi) is 4.95. The topological polar surface area (TPSA) is 29.1 Å². The number of benzene rings is 1. The van der Waals surface area contributed by atoms with E-state index >= 15 is 0 Å². The highest BCUT2D eigenvalue weighted by Gasteiger charge is 2.37. The number of amides is 1. The standard InChI is InChI=1S/C11H9F6NOS/c12-10(13,14)6-3-7(11(15,16)17)5-8(4-6)18-9(19)1-2-20/h3-5,20H,1-2H2,(H,18,19). The Morgan fingerprint density at radius 1 is 1.00 bits per heavy atom. The zero-order chi connectivity index (χ0) is 15.6. The molecule has 0 aromatic heterocycles. The minimum Gasteiger partial charge on any atom is -0.326 e. The van der Waals surface area contributed by atoms with Crippen LogP contribution in [0.25, 0.3) is 0 Å². The molecule has 0 radical (unpaired) electrons. The molecule has 0 saturated carbocycles. The van der Waals surface area contributed by atoms with Crippen molar-refractivity contribution in [3.05, 3.63) is 29.3 Å². The first kappa shape index (κ1) is 16.7. The molecule has 112 valence electrons. The van der Waals surface area contributed by atoms with Gasteiger partial charge in [0.1, 0.15) is 0 Å². The Labute approximate surface area is 115 Å². The van der Waals surface area contributed by atoms with Gasteiger partial charge in [0.2, 0.25) is 5.91 Å². The van der Waals surface area contributed by atoms with Crippen molar-refractivity contribution >= 4 is 24.2 Å². The molecule has 1 aromatic rings. The number of nitrogens with one attached hydrogen (secondary N) is 1. The van der Waals surface area contributed by atoms with E-state index in [0.717, 1.165) is 0 Å². The second-order valence-electron chi connectivity index (χ2n) is 3.82. The molecule has 0 fully saturated rings. The highest BCUT2D eigenvalue weighted by atomic mass is 32.1. The van der Waals surface area contributed by atoms with Gasteiger partial charge in [0, 0.05) is 12.1 Å². The van der Waals surface area contributed by atoms with E-state index in [2.05, 4.69) is 12.6 Å². The van der Waals surface area contributed by atoms with Crippen molar-refractivity contribution in [3.8, 4) is 0 Å². The van der Waals surface area contributed by atoms with Crippen LogP contribution < -0.4 is 5.32 Å². The van der Waals surface area contributed by atoms with Crippen molar-refractivity contribution in [2.75, 3.05) is 11.1 Å². The quantitative estimate of drug-likeness (QED) is 0.641. The number of carbonyl (C=O) groups is 1. The predicted molar refractivity (Wildman–Crippen MR) is 63.5 cm³/mol. The summed E-state index contributed by atoms with van der Waals surface area (Å²) >= 11 is 3.74. The van der Waals surface area contributed by atoms with Gasteiger partial charge in [0.05, 0.1) is 11.1 Å². The summed E-state index contributed by atoms with van der Waals surface area (Å²) in [6.07, 6.45) is -10.0. The minimum atomic E-state index is -4.94. The molecule has 0 aliphatic rings. The zero-order valence-corrected chi connectivity index (χ0v) is 10.7. The van der Waals surface area contributed by atoms with Gasteiger partial charge < -0.3 is 5.32 Å². The molecule has 0 saturated heterocycles. The molecule has 0 bridgehead atoms. The van der Waals surface area contributed by atoms with Gasteiger partial charge in [0.25, 0.3) is 0 Å². The van der Waals surface area contributed by atoms with Crippen LogP contribution in [0.15, 0.2) is 18.2 Å². The number of thiol groups is 1. The number of halogens is 6. The van der Waals surface area contributed by atoms with Crippen molar-refractivity contribution in [2.45, 2.75) is 18.8 Å². The van der Waals surface area contributed by atoms with Gasteiger partial charge in [-0.05, 0) is 24.0 Å². The van der Waals surface area contributed by atoms with Crippen LogP contribution >= 0.6 is 12.6 Å². The van der Waals surface area contributed by atoms with E-state index in [0.29, 0.717) is 12.1 Å². The third kappa shape index (κ3) is 4.62. The third-order valence-electron chi connectivity index (χ3n) is 2.21. The van der Waals surface area contributed by atoms with Crippen molar-refractivity contribution in [1.29, 1.82) is 0 Å². The number of hydrogen-bond acceptors (Lipinski definition) is 2. The molecule has 0 aliphatic carbocycles. The normalized spacial score (nSPS) is 12.3. The Bertz CT molecular complexity index is 464. The molecule has 2 nitrogen and oxygen atoms in total. The van der Waals surface area contributed by atoms with Crippen LogP contribution in [-0.2, 0) is 17.1 Å². The number of alkyl halides is 6. The summed E-state index contributed by atoms with van der Waals surface area (Å²) in [4.78, 5) is 11.2. The van der Waals surface area contributed by atoms with Crippen molar-refractivity contribution in [2.24, 2.45) is 0 Å². The monoisotopic (exact) mass is 317 g/mol. The Morgan fingerprint density at radius 2 is 1.45 bits per heavy atom. The van der Waals surface area contributed by atoms with E-state index in [4.69, 9.17) is 0 Å². The van der Waals surface area contributed by atoms with Gasteiger partial charge in [-0.3, -0.25) is 4.79 Å². The van der Waals surface area contributed by atoms with E-state index in [9.17, 15) is 31.1 Å². The van der Waals surface area contributed by atoms with E-state index in [1.807, 2.05) is 5.32 Å². The number of anilines is 1. The largest absolute Gasteiger partial charge is 0.416 e. The van der Waals surface area contributed by atoms with Crippen molar-refractivity contribution in [1.82, 2.24) is 0 Å². The van der Waals surface area contributed by atoms with Gasteiger partial charge in [-0.25, -0.2) is 0 Å². The van der Waals surface area contributed by atoms with Crippen LogP contribution in [0.4, 0.5) is 32.0 Å². The molecule has 20 heavy (non-hydrogen) atoms. The summed E-state index contributed by atoms with van der Waals surface area (Å²) in [7, 11) is 0. The number of rotatable bonds is 3. The van der Waals surface area contributed by atoms with Crippen LogP contribution in [0.5, 0.6) is 0 Å². The predicted octanol–water partition coefficient (Wildman–Crippen LogP) is 3.98. The smallest absolute Gasteiger partial charge is 0.326 e. The van der Waals surface area contributed by atoms with Crippen molar-refractivity contribution < 1.29 is 31.1 Å². The molecule has 0 spiro atoms. The maximum Gasteiger partial charge on any atom is 0.416 e. The minimum absolute atomic E-state index is 0.00569. The first-order valence-corrected chi connectivity index (χ1v) is 5.87. The third-order valence-corrected chi connectivity index (χ3v) is 2.43. The molecule has 0 atom stereocenters. The van der Waals surface area contributed by atoms with Crippen molar-refractivity contribution in [3.63, 3.8) is 0 Å². The molecular weight excluding hydrogens is 308 g/mol. The lowest BCUT2D eigenvalue weighted by atomic mass is 10.1. The van der Waals surface area contributed by atoms with Crippen LogP contribution in [0.3, 0.4) is 0 Å². The van der Waals surface area contributed by atoms with E-state index in [1.54, 1.807) is 0 Å². The molecule has 1 N–H and O–H groups in total. The summed E-state index contributed by atoms with van der Waals surface area (Å²) in [5, 5.41) is 1.98. The van der Waals surface area contributed by atoms with Crippen LogP contribution in [-0.4, -0.2) is 11.7 Å². The Balaban J connectivity index is 3.21. The molecule has 1 rings (SSSR count). The molecule has 0 heterocycles. The lowest BCUT2D eigenvalue weighted by Gasteiger charge is -2.14. The average Bonchev–Trinajstić information content (AvgIpc) is 2.26. The fraction of sp³-hybridized carbons (Fsp3) is 0.364. The molecule has 9 heteroatoms. The summed E-state index contributed by atoms with van der Waals surface area (Å²) in [6.45, 7) is 0.